The molecule has 19 heavy (non-hydrogen) atoms. The van der Waals surface area contributed by atoms with Crippen molar-refractivity contribution in [2.75, 3.05) is 11.1 Å². The summed E-state index contributed by atoms with van der Waals surface area (Å²) >= 11 is 5.85. The number of carbonyl (C=O) groups is 1. The van der Waals surface area contributed by atoms with Gasteiger partial charge in [0.15, 0.2) is 0 Å². The average Bonchev–Trinajstić information content (AvgIpc) is 2.38. The van der Waals surface area contributed by atoms with Crippen LogP contribution in [0.3, 0.4) is 0 Å². The number of aliphatic hydroxyl groups excluding tert-OH is 1. The number of nitrogen functional groups attached to an aromatic ring is 1. The molecule has 0 radical (unpaired) electrons. The summed E-state index contributed by atoms with van der Waals surface area (Å²) in [5, 5.41) is 12.1. The summed E-state index contributed by atoms with van der Waals surface area (Å²) in [5.41, 5.74) is 7.90. The summed E-state index contributed by atoms with van der Waals surface area (Å²) in [4.78, 5) is 12.0. The second kappa shape index (κ2) is 5.73. The predicted molar refractivity (Wildman–Crippen MR) is 76.2 cm³/mol. The van der Waals surface area contributed by atoms with Gasteiger partial charge in [0.2, 0.25) is 0 Å². The Balaban J connectivity index is 2.15. The van der Waals surface area contributed by atoms with Crippen LogP contribution in [0.2, 0.25) is 5.02 Å². The van der Waals surface area contributed by atoms with Crippen LogP contribution in [0.4, 0.5) is 11.4 Å². The summed E-state index contributed by atoms with van der Waals surface area (Å²) in [6, 6.07) is 11.6. The van der Waals surface area contributed by atoms with E-state index < -0.39 is 0 Å². The molecule has 4 N–H and O–H groups in total. The Morgan fingerprint density at radius 2 is 1.89 bits per heavy atom. The second-order valence-corrected chi connectivity index (χ2v) is 4.52. The van der Waals surface area contributed by atoms with E-state index in [0.717, 1.165) is 5.56 Å². The van der Waals surface area contributed by atoms with E-state index in [2.05, 4.69) is 5.32 Å². The number of rotatable bonds is 3. The van der Waals surface area contributed by atoms with Crippen molar-refractivity contribution in [3.63, 3.8) is 0 Å². The number of anilines is 2. The molecular formula is C14H13ClN2O2. The zero-order valence-corrected chi connectivity index (χ0v) is 10.8. The maximum atomic E-state index is 12.0. The third-order valence-corrected chi connectivity index (χ3v) is 2.79. The predicted octanol–water partition coefficient (Wildman–Crippen LogP) is 2.67. The molecule has 0 unspecified atom stereocenters. The fourth-order valence-electron chi connectivity index (χ4n) is 1.64. The second-order valence-electron chi connectivity index (χ2n) is 4.08. The zero-order chi connectivity index (χ0) is 13.8. The molecule has 4 nitrogen and oxygen atoms in total. The first kappa shape index (κ1) is 13.4. The van der Waals surface area contributed by atoms with Crippen molar-refractivity contribution in [3.8, 4) is 0 Å². The van der Waals surface area contributed by atoms with Crippen LogP contribution < -0.4 is 11.1 Å². The molecule has 5 heteroatoms. The minimum Gasteiger partial charge on any atom is -0.399 e. The van der Waals surface area contributed by atoms with Gasteiger partial charge in [-0.2, -0.15) is 0 Å². The lowest BCUT2D eigenvalue weighted by Crippen LogP contribution is -2.12. The Labute approximate surface area is 115 Å². The minimum atomic E-state index is -0.286. The Morgan fingerprint density at radius 3 is 2.47 bits per heavy atom. The Hall–Kier alpha value is -2.04. The van der Waals surface area contributed by atoms with Crippen LogP contribution in [0.25, 0.3) is 0 Å². The smallest absolute Gasteiger partial charge is 0.255 e. The number of benzene rings is 2. The molecule has 1 amide bonds. The number of nitrogens with two attached hydrogens (primary N) is 1. The van der Waals surface area contributed by atoms with Gasteiger partial charge in [-0.05, 0) is 35.9 Å². The normalized spacial score (nSPS) is 10.2. The van der Waals surface area contributed by atoms with Gasteiger partial charge >= 0.3 is 0 Å². The number of carbonyl (C=O) groups excluding carboxylic acids is 1. The van der Waals surface area contributed by atoms with Crippen molar-refractivity contribution in [1.82, 2.24) is 0 Å². The van der Waals surface area contributed by atoms with Gasteiger partial charge in [0, 0.05) is 22.0 Å². The van der Waals surface area contributed by atoms with Crippen molar-refractivity contribution in [1.29, 1.82) is 0 Å². The van der Waals surface area contributed by atoms with Gasteiger partial charge in [0.1, 0.15) is 0 Å². The molecule has 2 aromatic rings. The van der Waals surface area contributed by atoms with Crippen molar-refractivity contribution in [2.45, 2.75) is 6.61 Å². The summed E-state index contributed by atoms with van der Waals surface area (Å²) < 4.78 is 0. The molecule has 0 spiro atoms. The lowest BCUT2D eigenvalue weighted by atomic mass is 10.1. The standard InChI is InChI=1S/C14H13ClN2O2/c15-11-5-10(6-12(16)7-11)14(19)17-13-3-1-9(8-18)2-4-13/h1-7,18H,8,16H2,(H,17,19). The van der Waals surface area contributed by atoms with Gasteiger partial charge in [-0.15, -0.1) is 0 Å². The Bertz CT molecular complexity index is 577. The van der Waals surface area contributed by atoms with Gasteiger partial charge in [0.25, 0.3) is 5.91 Å². The molecule has 0 aliphatic heterocycles. The third kappa shape index (κ3) is 3.47. The van der Waals surface area contributed by atoms with Gasteiger partial charge in [0.05, 0.1) is 6.61 Å². The summed E-state index contributed by atoms with van der Waals surface area (Å²) in [6.45, 7) is -0.0287. The van der Waals surface area contributed by atoms with Gasteiger partial charge in [-0.25, -0.2) is 0 Å². The maximum absolute atomic E-state index is 12.0. The van der Waals surface area contributed by atoms with E-state index in [1.165, 1.54) is 0 Å². The molecule has 0 aliphatic rings. The number of amides is 1. The van der Waals surface area contributed by atoms with Crippen LogP contribution in [0.15, 0.2) is 42.5 Å². The molecule has 2 aromatic carbocycles. The van der Waals surface area contributed by atoms with Crippen LogP contribution in [0.1, 0.15) is 15.9 Å². The van der Waals surface area contributed by atoms with E-state index in [-0.39, 0.29) is 12.5 Å². The van der Waals surface area contributed by atoms with Gasteiger partial charge in [-0.3, -0.25) is 4.79 Å². The van der Waals surface area contributed by atoms with Crippen LogP contribution in [0.5, 0.6) is 0 Å². The van der Waals surface area contributed by atoms with E-state index in [9.17, 15) is 4.79 Å². The molecule has 0 saturated carbocycles. The first-order chi connectivity index (χ1) is 9.08. The van der Waals surface area contributed by atoms with Crippen molar-refractivity contribution in [3.05, 3.63) is 58.6 Å². The van der Waals surface area contributed by atoms with Crippen molar-refractivity contribution >= 4 is 28.9 Å². The molecule has 0 saturated heterocycles. The van der Waals surface area contributed by atoms with E-state index >= 15 is 0 Å². The zero-order valence-electron chi connectivity index (χ0n) is 10.1. The van der Waals surface area contributed by atoms with Crippen LogP contribution in [0, 0.1) is 0 Å². The number of hydrogen-bond donors (Lipinski definition) is 3. The topological polar surface area (TPSA) is 75.4 Å². The highest BCUT2D eigenvalue weighted by molar-refractivity contribution is 6.31. The van der Waals surface area contributed by atoms with E-state index in [1.807, 2.05) is 0 Å². The third-order valence-electron chi connectivity index (χ3n) is 2.58. The SMILES string of the molecule is Nc1cc(Cl)cc(C(=O)Nc2ccc(CO)cc2)c1. The largest absolute Gasteiger partial charge is 0.399 e. The number of hydrogen-bond acceptors (Lipinski definition) is 3. The molecule has 0 heterocycles. The lowest BCUT2D eigenvalue weighted by Gasteiger charge is -2.07. The highest BCUT2D eigenvalue weighted by Crippen LogP contribution is 2.18. The van der Waals surface area contributed by atoms with Crippen molar-refractivity contribution in [2.24, 2.45) is 0 Å². The van der Waals surface area contributed by atoms with Crippen LogP contribution in [-0.2, 0) is 6.61 Å². The first-order valence-electron chi connectivity index (χ1n) is 5.65. The maximum Gasteiger partial charge on any atom is 0.255 e. The molecule has 0 aromatic heterocycles. The molecule has 0 fully saturated rings. The molecule has 2 rings (SSSR count). The van der Waals surface area contributed by atoms with Crippen molar-refractivity contribution < 1.29 is 9.90 Å². The molecule has 0 aliphatic carbocycles. The molecular weight excluding hydrogens is 264 g/mol. The quantitative estimate of drug-likeness (QED) is 0.755. The number of halogens is 1. The van der Waals surface area contributed by atoms with Crippen LogP contribution in [-0.4, -0.2) is 11.0 Å². The average molecular weight is 277 g/mol. The molecule has 98 valence electrons. The summed E-state index contributed by atoms with van der Waals surface area (Å²) in [6.07, 6.45) is 0. The number of nitrogens with one attached hydrogen (secondary N) is 1. The number of aliphatic hydroxyl groups is 1. The van der Waals surface area contributed by atoms with E-state index in [0.29, 0.717) is 22.0 Å². The Morgan fingerprint density at radius 1 is 1.21 bits per heavy atom. The summed E-state index contributed by atoms with van der Waals surface area (Å²) in [7, 11) is 0. The van der Waals surface area contributed by atoms with E-state index in [4.69, 9.17) is 22.4 Å². The first-order valence-corrected chi connectivity index (χ1v) is 6.03. The molecule has 0 bridgehead atoms. The van der Waals surface area contributed by atoms with Gasteiger partial charge in [-0.1, -0.05) is 23.7 Å². The van der Waals surface area contributed by atoms with E-state index in [1.54, 1.807) is 42.5 Å². The van der Waals surface area contributed by atoms with Crippen LogP contribution >= 0.6 is 11.6 Å². The highest BCUT2D eigenvalue weighted by Gasteiger charge is 2.08. The lowest BCUT2D eigenvalue weighted by molar-refractivity contribution is 0.102. The minimum absolute atomic E-state index is 0.0287. The fraction of sp³-hybridized carbons (Fsp3) is 0.0714. The monoisotopic (exact) mass is 276 g/mol. The summed E-state index contributed by atoms with van der Waals surface area (Å²) in [5.74, 6) is -0.286. The Kier molecular flexibility index (Phi) is 4.04. The molecule has 0 atom stereocenters. The van der Waals surface area contributed by atoms with Gasteiger partial charge < -0.3 is 16.2 Å². The fourth-order valence-corrected chi connectivity index (χ4v) is 1.88. The highest BCUT2D eigenvalue weighted by atomic mass is 35.5.